The second kappa shape index (κ2) is 4.41. The lowest BCUT2D eigenvalue weighted by molar-refractivity contribution is 0.343. The molecule has 0 saturated carbocycles. The number of allylic oxidation sites excluding steroid dienone is 5. The van der Waals surface area contributed by atoms with Gasteiger partial charge < -0.3 is 15.6 Å². The van der Waals surface area contributed by atoms with E-state index in [9.17, 15) is 0 Å². The molecule has 3 nitrogen and oxygen atoms in total. The summed E-state index contributed by atoms with van der Waals surface area (Å²) in [6.45, 7) is 5.42. The summed E-state index contributed by atoms with van der Waals surface area (Å²) in [7, 11) is 0. The van der Waals surface area contributed by atoms with Crippen molar-refractivity contribution in [3.63, 3.8) is 0 Å². The van der Waals surface area contributed by atoms with Gasteiger partial charge >= 0.3 is 0 Å². The third-order valence-electron chi connectivity index (χ3n) is 4.27. The molecule has 2 atom stereocenters. The smallest absolute Gasteiger partial charge is 0.107 e. The molecule has 19 heavy (non-hydrogen) atoms. The molecular formula is C16H21N3. The highest BCUT2D eigenvalue weighted by atomic mass is 15.4. The van der Waals surface area contributed by atoms with Crippen LogP contribution >= 0.6 is 0 Å². The Bertz CT molecular complexity index is 524. The lowest BCUT2D eigenvalue weighted by Gasteiger charge is -2.33. The minimum Gasteiger partial charge on any atom is -0.365 e. The number of fused-ring (bicyclic) bond motifs is 1. The fourth-order valence-electron chi connectivity index (χ4n) is 2.99. The predicted octanol–water partition coefficient (Wildman–Crippen LogP) is 2.75. The molecule has 2 heterocycles. The zero-order chi connectivity index (χ0) is 13.5. The van der Waals surface area contributed by atoms with Gasteiger partial charge in [0, 0.05) is 18.3 Å². The molecule has 3 heteroatoms. The molecule has 0 aromatic rings. The molecule has 2 fully saturated rings. The van der Waals surface area contributed by atoms with Gasteiger partial charge in [-0.15, -0.1) is 0 Å². The van der Waals surface area contributed by atoms with Gasteiger partial charge in [-0.2, -0.15) is 0 Å². The van der Waals surface area contributed by atoms with Gasteiger partial charge in [-0.05, 0) is 32.3 Å². The third-order valence-corrected chi connectivity index (χ3v) is 4.27. The highest BCUT2D eigenvalue weighted by molar-refractivity contribution is 5.76. The van der Waals surface area contributed by atoms with E-state index in [0.29, 0.717) is 6.04 Å². The molecule has 3 aliphatic rings. The average molecular weight is 255 g/mol. The van der Waals surface area contributed by atoms with Crippen molar-refractivity contribution in [2.24, 2.45) is 0 Å². The quantitative estimate of drug-likeness (QED) is 0.588. The highest BCUT2D eigenvalue weighted by Gasteiger charge is 2.54. The van der Waals surface area contributed by atoms with E-state index in [-0.39, 0.29) is 5.54 Å². The van der Waals surface area contributed by atoms with E-state index in [4.69, 9.17) is 5.41 Å². The molecule has 0 bridgehead atoms. The normalized spacial score (nSPS) is 34.9. The van der Waals surface area contributed by atoms with Crippen molar-refractivity contribution < 1.29 is 0 Å². The van der Waals surface area contributed by atoms with E-state index >= 15 is 0 Å². The zero-order valence-corrected chi connectivity index (χ0v) is 11.6. The summed E-state index contributed by atoms with van der Waals surface area (Å²) < 4.78 is 0. The van der Waals surface area contributed by atoms with E-state index < -0.39 is 0 Å². The molecule has 2 aliphatic heterocycles. The van der Waals surface area contributed by atoms with Crippen LogP contribution in [0.1, 0.15) is 26.7 Å². The molecule has 3 rings (SSSR count). The first-order valence-corrected chi connectivity index (χ1v) is 6.93. The molecule has 2 N–H and O–H groups in total. The minimum atomic E-state index is 0.278. The molecule has 0 spiro atoms. The van der Waals surface area contributed by atoms with Crippen LogP contribution in [-0.4, -0.2) is 29.2 Å². The standard InChI is InChI=1S/C16H21N3/c1-12(10-17)15-18-14(9-16(2)11-19(15)16)13-7-5-3-4-6-8-13/h3,5-8,10,14,17-18H,4,9,11H2,1-2H3/b15-12-,17-10?. The largest absolute Gasteiger partial charge is 0.365 e. The van der Waals surface area contributed by atoms with E-state index in [1.807, 2.05) is 6.92 Å². The van der Waals surface area contributed by atoms with Gasteiger partial charge in [-0.3, -0.25) is 0 Å². The number of nitrogens with one attached hydrogen (secondary N) is 2. The van der Waals surface area contributed by atoms with Crippen molar-refractivity contribution in [3.05, 3.63) is 47.3 Å². The SMILES string of the molecule is C/C(C=N)=C1\NC(C2=CC=CCC=C2)CC2(C)CN12. The van der Waals surface area contributed by atoms with Crippen LogP contribution < -0.4 is 5.32 Å². The van der Waals surface area contributed by atoms with Crippen LogP contribution in [-0.2, 0) is 0 Å². The fourth-order valence-corrected chi connectivity index (χ4v) is 2.99. The van der Waals surface area contributed by atoms with Gasteiger partial charge in [0.2, 0.25) is 0 Å². The predicted molar refractivity (Wildman–Crippen MR) is 79.1 cm³/mol. The van der Waals surface area contributed by atoms with Crippen molar-refractivity contribution in [1.82, 2.24) is 10.2 Å². The number of hydrogen-bond acceptors (Lipinski definition) is 3. The molecule has 1 aliphatic carbocycles. The second-order valence-corrected chi connectivity index (χ2v) is 5.89. The molecule has 0 aromatic carbocycles. The summed E-state index contributed by atoms with van der Waals surface area (Å²) >= 11 is 0. The Balaban J connectivity index is 1.90. The van der Waals surface area contributed by atoms with E-state index in [0.717, 1.165) is 30.8 Å². The van der Waals surface area contributed by atoms with E-state index in [1.54, 1.807) is 0 Å². The molecule has 2 unspecified atom stereocenters. The summed E-state index contributed by atoms with van der Waals surface area (Å²) in [6.07, 6.45) is 14.6. The number of rotatable bonds is 2. The van der Waals surface area contributed by atoms with Gasteiger partial charge in [-0.25, -0.2) is 0 Å². The van der Waals surface area contributed by atoms with Crippen molar-refractivity contribution in [3.8, 4) is 0 Å². The molecule has 0 amide bonds. The summed E-state index contributed by atoms with van der Waals surface area (Å²) in [6, 6.07) is 0.354. The van der Waals surface area contributed by atoms with E-state index in [1.165, 1.54) is 11.8 Å². The lowest BCUT2D eigenvalue weighted by atomic mass is 9.93. The molecular weight excluding hydrogens is 234 g/mol. The van der Waals surface area contributed by atoms with Crippen LogP contribution in [0.2, 0.25) is 0 Å². The first-order valence-electron chi connectivity index (χ1n) is 6.93. The fraction of sp³-hybridized carbons (Fsp3) is 0.438. The van der Waals surface area contributed by atoms with Crippen molar-refractivity contribution in [2.45, 2.75) is 38.3 Å². The Labute approximate surface area is 114 Å². The van der Waals surface area contributed by atoms with Crippen LogP contribution in [0, 0.1) is 5.41 Å². The van der Waals surface area contributed by atoms with Crippen molar-refractivity contribution in [2.75, 3.05) is 6.54 Å². The number of hydrogen-bond donors (Lipinski definition) is 2. The van der Waals surface area contributed by atoms with Crippen LogP contribution in [0.25, 0.3) is 0 Å². The van der Waals surface area contributed by atoms with Gasteiger partial charge in [-0.1, -0.05) is 30.4 Å². The summed E-state index contributed by atoms with van der Waals surface area (Å²) in [5.41, 5.74) is 2.64. The van der Waals surface area contributed by atoms with Crippen molar-refractivity contribution in [1.29, 1.82) is 5.41 Å². The maximum absolute atomic E-state index is 7.47. The maximum atomic E-state index is 7.47. The number of nitrogens with zero attached hydrogens (tertiary/aromatic N) is 1. The molecule has 2 saturated heterocycles. The molecule has 0 aromatic heterocycles. The minimum absolute atomic E-state index is 0.278. The zero-order valence-electron chi connectivity index (χ0n) is 11.6. The first kappa shape index (κ1) is 12.3. The van der Waals surface area contributed by atoms with Crippen LogP contribution in [0.3, 0.4) is 0 Å². The summed E-state index contributed by atoms with van der Waals surface area (Å²) in [5.74, 6) is 1.14. The Kier molecular flexibility index (Phi) is 2.85. The van der Waals surface area contributed by atoms with Crippen LogP contribution in [0.15, 0.2) is 47.3 Å². The van der Waals surface area contributed by atoms with Gasteiger partial charge in [0.05, 0.1) is 11.6 Å². The highest BCUT2D eigenvalue weighted by Crippen LogP contribution is 2.44. The van der Waals surface area contributed by atoms with E-state index in [2.05, 4.69) is 47.5 Å². The Morgan fingerprint density at radius 3 is 3.16 bits per heavy atom. The topological polar surface area (TPSA) is 38.9 Å². The Hall–Kier alpha value is -1.77. The lowest BCUT2D eigenvalue weighted by Crippen LogP contribution is -2.43. The van der Waals surface area contributed by atoms with Crippen molar-refractivity contribution >= 4 is 6.21 Å². The average Bonchev–Trinajstić information content (AvgIpc) is 3.14. The van der Waals surface area contributed by atoms with Gasteiger partial charge in [0.15, 0.2) is 0 Å². The summed E-state index contributed by atoms with van der Waals surface area (Å²) in [5, 5.41) is 11.1. The first-order chi connectivity index (χ1) is 9.14. The van der Waals surface area contributed by atoms with Crippen LogP contribution in [0.4, 0.5) is 0 Å². The monoisotopic (exact) mass is 255 g/mol. The maximum Gasteiger partial charge on any atom is 0.107 e. The molecule has 100 valence electrons. The Morgan fingerprint density at radius 2 is 2.37 bits per heavy atom. The van der Waals surface area contributed by atoms with Crippen LogP contribution in [0.5, 0.6) is 0 Å². The van der Waals surface area contributed by atoms with Gasteiger partial charge in [0.25, 0.3) is 0 Å². The second-order valence-electron chi connectivity index (χ2n) is 5.89. The Morgan fingerprint density at radius 1 is 1.53 bits per heavy atom. The molecule has 0 radical (unpaired) electrons. The van der Waals surface area contributed by atoms with Gasteiger partial charge in [0.1, 0.15) is 5.82 Å². The summed E-state index contributed by atoms with van der Waals surface area (Å²) in [4.78, 5) is 2.38. The third kappa shape index (κ3) is 2.14.